The molecule has 8 heteroatoms. The van der Waals surface area contributed by atoms with Crippen LogP contribution in [-0.4, -0.2) is 48.4 Å². The maximum Gasteiger partial charge on any atom is 0.265 e. The Morgan fingerprint density at radius 1 is 1.32 bits per heavy atom. The van der Waals surface area contributed by atoms with E-state index in [0.29, 0.717) is 6.54 Å². The molecule has 1 saturated heterocycles. The lowest BCUT2D eigenvalue weighted by atomic mass is 9.95. The Bertz CT molecular complexity index is 875. The van der Waals surface area contributed by atoms with Gasteiger partial charge in [-0.1, -0.05) is 0 Å². The fraction of sp³-hybridized carbons (Fsp3) is 0.353. The van der Waals surface area contributed by atoms with Crippen molar-refractivity contribution < 1.29 is 4.79 Å². The summed E-state index contributed by atoms with van der Waals surface area (Å²) in [4.78, 5) is 32.7. The van der Waals surface area contributed by atoms with Crippen molar-refractivity contribution in [2.75, 3.05) is 13.1 Å². The zero-order chi connectivity index (χ0) is 17.2. The number of likely N-dealkylation sites (tertiary alicyclic amines) is 1. The molecular weight excluding hydrogens is 336 g/mol. The summed E-state index contributed by atoms with van der Waals surface area (Å²) in [5.41, 5.74) is 3.45. The summed E-state index contributed by atoms with van der Waals surface area (Å²) in [7, 11) is 0. The Kier molecular flexibility index (Phi) is 4.27. The molecule has 25 heavy (non-hydrogen) atoms. The Morgan fingerprint density at radius 3 is 3.00 bits per heavy atom. The van der Waals surface area contributed by atoms with E-state index in [9.17, 15) is 4.79 Å². The highest BCUT2D eigenvalue weighted by molar-refractivity contribution is 7.11. The molecule has 0 spiro atoms. The third-order valence-electron chi connectivity index (χ3n) is 4.48. The quantitative estimate of drug-likeness (QED) is 0.722. The topological polar surface area (TPSA) is 76.8 Å². The Labute approximate surface area is 149 Å². The maximum absolute atomic E-state index is 12.8. The van der Waals surface area contributed by atoms with Gasteiger partial charge in [-0.3, -0.25) is 14.3 Å². The van der Waals surface area contributed by atoms with E-state index in [-0.39, 0.29) is 11.8 Å². The van der Waals surface area contributed by atoms with Gasteiger partial charge in [0, 0.05) is 37.6 Å². The van der Waals surface area contributed by atoms with Gasteiger partial charge < -0.3 is 4.90 Å². The van der Waals surface area contributed by atoms with E-state index in [1.165, 1.54) is 11.3 Å². The third-order valence-corrected chi connectivity index (χ3v) is 5.39. The summed E-state index contributed by atoms with van der Waals surface area (Å²) in [6.07, 6.45) is 10.8. The molecule has 1 amide bonds. The predicted octanol–water partition coefficient (Wildman–Crippen LogP) is 2.45. The number of aryl methyl sites for hydroxylation is 1. The average molecular weight is 354 g/mol. The molecule has 1 atom stereocenters. The molecule has 0 aromatic carbocycles. The third kappa shape index (κ3) is 3.17. The average Bonchev–Trinajstić information content (AvgIpc) is 3.33. The minimum absolute atomic E-state index is 0.0726. The molecule has 1 aliphatic rings. The summed E-state index contributed by atoms with van der Waals surface area (Å²) < 4.78 is 1.84. The number of amides is 1. The lowest BCUT2D eigenvalue weighted by Gasteiger charge is -2.32. The van der Waals surface area contributed by atoms with Crippen LogP contribution in [0.1, 0.15) is 39.8 Å². The fourth-order valence-electron chi connectivity index (χ4n) is 3.14. The number of hydrogen-bond acceptors (Lipinski definition) is 6. The van der Waals surface area contributed by atoms with Gasteiger partial charge >= 0.3 is 0 Å². The van der Waals surface area contributed by atoms with Gasteiger partial charge in [0.05, 0.1) is 23.1 Å². The lowest BCUT2D eigenvalue weighted by molar-refractivity contribution is 0.0709. The van der Waals surface area contributed by atoms with Crippen LogP contribution in [0.2, 0.25) is 0 Å². The standard InChI is InChI=1S/C17H18N6OS/c1-12-16(25-11-20-12)17(24)22-5-2-3-13(9-22)14-7-19-8-15(21-14)23-6-4-18-10-23/h4,6-8,10-11,13H,2-3,5,9H2,1H3. The number of aromatic nitrogens is 5. The summed E-state index contributed by atoms with van der Waals surface area (Å²) in [6, 6.07) is 0. The largest absolute Gasteiger partial charge is 0.337 e. The lowest BCUT2D eigenvalue weighted by Crippen LogP contribution is -2.39. The molecule has 128 valence electrons. The van der Waals surface area contributed by atoms with Crippen LogP contribution in [0.4, 0.5) is 0 Å². The Balaban J connectivity index is 1.55. The summed E-state index contributed by atoms with van der Waals surface area (Å²) in [5, 5.41) is 0. The van der Waals surface area contributed by atoms with E-state index in [2.05, 4.69) is 15.0 Å². The van der Waals surface area contributed by atoms with Crippen molar-refractivity contribution in [2.24, 2.45) is 0 Å². The zero-order valence-corrected chi connectivity index (χ0v) is 14.7. The Morgan fingerprint density at radius 2 is 2.24 bits per heavy atom. The number of hydrogen-bond donors (Lipinski definition) is 0. The van der Waals surface area contributed by atoms with E-state index < -0.39 is 0 Å². The van der Waals surface area contributed by atoms with Crippen LogP contribution in [0, 0.1) is 6.92 Å². The molecule has 4 rings (SSSR count). The van der Waals surface area contributed by atoms with E-state index in [1.807, 2.05) is 22.6 Å². The first-order valence-corrected chi connectivity index (χ1v) is 9.10. The molecule has 1 aliphatic heterocycles. The van der Waals surface area contributed by atoms with Gasteiger partial charge in [0.2, 0.25) is 0 Å². The second-order valence-electron chi connectivity index (χ2n) is 6.13. The highest BCUT2D eigenvalue weighted by atomic mass is 32.1. The normalized spacial score (nSPS) is 17.6. The van der Waals surface area contributed by atoms with Crippen molar-refractivity contribution in [3.63, 3.8) is 0 Å². The zero-order valence-electron chi connectivity index (χ0n) is 13.9. The van der Waals surface area contributed by atoms with Crippen LogP contribution in [-0.2, 0) is 0 Å². The molecule has 1 fully saturated rings. The monoisotopic (exact) mass is 354 g/mol. The van der Waals surface area contributed by atoms with Gasteiger partial charge in [0.25, 0.3) is 5.91 Å². The van der Waals surface area contributed by atoms with Gasteiger partial charge in [-0.25, -0.2) is 15.0 Å². The molecule has 0 aliphatic carbocycles. The first-order chi connectivity index (χ1) is 12.2. The van der Waals surface area contributed by atoms with Crippen LogP contribution < -0.4 is 0 Å². The van der Waals surface area contributed by atoms with Crippen LogP contribution in [0.3, 0.4) is 0 Å². The molecule has 1 unspecified atom stereocenters. The number of carbonyl (C=O) groups is 1. The van der Waals surface area contributed by atoms with Crippen molar-refractivity contribution in [2.45, 2.75) is 25.7 Å². The van der Waals surface area contributed by atoms with Crippen molar-refractivity contribution in [1.82, 2.24) is 29.4 Å². The van der Waals surface area contributed by atoms with Crippen molar-refractivity contribution in [1.29, 1.82) is 0 Å². The summed E-state index contributed by atoms with van der Waals surface area (Å²) >= 11 is 1.41. The van der Waals surface area contributed by atoms with Gasteiger partial charge in [-0.15, -0.1) is 11.3 Å². The van der Waals surface area contributed by atoms with Crippen LogP contribution in [0.25, 0.3) is 5.82 Å². The second kappa shape index (κ2) is 6.72. The first-order valence-electron chi connectivity index (χ1n) is 8.22. The molecule has 3 aromatic rings. The number of piperidine rings is 1. The molecule has 0 N–H and O–H groups in total. The van der Waals surface area contributed by atoms with Gasteiger partial charge in [0.1, 0.15) is 11.2 Å². The van der Waals surface area contributed by atoms with Crippen LogP contribution in [0.15, 0.2) is 36.6 Å². The molecule has 3 aromatic heterocycles. The number of nitrogens with zero attached hydrogens (tertiary/aromatic N) is 6. The van der Waals surface area contributed by atoms with E-state index in [1.54, 1.807) is 30.4 Å². The van der Waals surface area contributed by atoms with Crippen molar-refractivity contribution in [3.8, 4) is 5.82 Å². The second-order valence-corrected chi connectivity index (χ2v) is 6.98. The number of thiazole rings is 1. The molecule has 7 nitrogen and oxygen atoms in total. The molecule has 0 radical (unpaired) electrons. The number of rotatable bonds is 3. The molecule has 0 saturated carbocycles. The highest BCUT2D eigenvalue weighted by Gasteiger charge is 2.28. The highest BCUT2D eigenvalue weighted by Crippen LogP contribution is 2.27. The minimum atomic E-state index is 0.0726. The fourth-order valence-corrected chi connectivity index (χ4v) is 3.91. The number of imidazole rings is 1. The smallest absolute Gasteiger partial charge is 0.265 e. The summed E-state index contributed by atoms with van der Waals surface area (Å²) in [5.74, 6) is 1.02. The van der Waals surface area contributed by atoms with Crippen LogP contribution >= 0.6 is 11.3 Å². The SMILES string of the molecule is Cc1ncsc1C(=O)N1CCCC(c2cncc(-n3ccnc3)n2)C1. The predicted molar refractivity (Wildman–Crippen MR) is 93.9 cm³/mol. The summed E-state index contributed by atoms with van der Waals surface area (Å²) in [6.45, 7) is 3.32. The van der Waals surface area contributed by atoms with Crippen molar-refractivity contribution >= 4 is 17.2 Å². The van der Waals surface area contributed by atoms with E-state index in [4.69, 9.17) is 4.98 Å². The van der Waals surface area contributed by atoms with E-state index in [0.717, 1.165) is 41.5 Å². The van der Waals surface area contributed by atoms with Gasteiger partial charge in [-0.05, 0) is 19.8 Å². The van der Waals surface area contributed by atoms with Crippen molar-refractivity contribution in [3.05, 3.63) is 52.9 Å². The maximum atomic E-state index is 12.8. The first kappa shape index (κ1) is 15.9. The minimum Gasteiger partial charge on any atom is -0.337 e. The Hall–Kier alpha value is -2.61. The molecule has 4 heterocycles. The molecule has 0 bridgehead atoms. The van der Waals surface area contributed by atoms with Gasteiger partial charge in [-0.2, -0.15) is 0 Å². The van der Waals surface area contributed by atoms with Crippen LogP contribution in [0.5, 0.6) is 0 Å². The number of carbonyl (C=O) groups excluding carboxylic acids is 1. The molecular formula is C17H18N6OS. The van der Waals surface area contributed by atoms with Gasteiger partial charge in [0.15, 0.2) is 5.82 Å². The van der Waals surface area contributed by atoms with E-state index >= 15 is 0 Å².